The number of carbonyl (C=O) groups is 3. The molecule has 0 radical (unpaired) electrons. The van der Waals surface area contributed by atoms with Crippen molar-refractivity contribution in [3.8, 4) is 0 Å². The maximum absolute atomic E-state index is 12.9. The second-order valence-electron chi connectivity index (χ2n) is 7.20. The number of Topliss-reactive ketones (excluding diaryl/α,β-unsaturated/α-hetero) is 1. The summed E-state index contributed by atoms with van der Waals surface area (Å²) in [6.07, 6.45) is 1.17. The molecular formula is C22H21Cl2FN2O3S. The molecule has 0 atom stereocenters. The Morgan fingerprint density at radius 1 is 1.00 bits per heavy atom. The van der Waals surface area contributed by atoms with E-state index in [1.54, 1.807) is 23.1 Å². The van der Waals surface area contributed by atoms with E-state index in [4.69, 9.17) is 23.2 Å². The van der Waals surface area contributed by atoms with Crippen molar-refractivity contribution < 1.29 is 18.8 Å². The van der Waals surface area contributed by atoms with E-state index in [1.165, 1.54) is 36.0 Å². The van der Waals surface area contributed by atoms with Gasteiger partial charge in [0.15, 0.2) is 5.78 Å². The predicted molar refractivity (Wildman–Crippen MR) is 122 cm³/mol. The van der Waals surface area contributed by atoms with Gasteiger partial charge < -0.3 is 10.2 Å². The molecule has 31 heavy (non-hydrogen) atoms. The van der Waals surface area contributed by atoms with Crippen molar-refractivity contribution in [2.24, 2.45) is 5.92 Å². The van der Waals surface area contributed by atoms with E-state index in [1.807, 2.05) is 0 Å². The van der Waals surface area contributed by atoms with Gasteiger partial charge >= 0.3 is 0 Å². The van der Waals surface area contributed by atoms with Crippen LogP contribution >= 0.6 is 35.0 Å². The Balaban J connectivity index is 1.39. The molecule has 0 spiro atoms. The highest BCUT2D eigenvalue weighted by atomic mass is 35.5. The van der Waals surface area contributed by atoms with Crippen LogP contribution in [-0.2, 0) is 9.59 Å². The van der Waals surface area contributed by atoms with Gasteiger partial charge in [-0.3, -0.25) is 14.4 Å². The molecular weight excluding hydrogens is 462 g/mol. The minimum Gasteiger partial charge on any atom is -0.342 e. The number of amides is 2. The number of likely N-dealkylation sites (tertiary alicyclic amines) is 1. The standard InChI is InChI=1S/C22H21Cl2FN2O3S/c23-18-6-1-15(11-19(18)24)22(30)14-7-9-27(10-8-14)21(29)13-31-12-20(28)26-17-4-2-16(25)3-5-17/h1-6,11,14H,7-10,12-13H2,(H,26,28). The fourth-order valence-corrected chi connectivity index (χ4v) is 4.34. The first kappa shape index (κ1) is 23.6. The van der Waals surface area contributed by atoms with Gasteiger partial charge in [-0.15, -0.1) is 11.8 Å². The lowest BCUT2D eigenvalue weighted by molar-refractivity contribution is -0.129. The van der Waals surface area contributed by atoms with Gasteiger partial charge in [-0.05, 0) is 55.3 Å². The summed E-state index contributed by atoms with van der Waals surface area (Å²) in [5.41, 5.74) is 1.04. The van der Waals surface area contributed by atoms with E-state index < -0.39 is 0 Å². The summed E-state index contributed by atoms with van der Waals surface area (Å²) >= 11 is 13.1. The highest BCUT2D eigenvalue weighted by molar-refractivity contribution is 8.00. The van der Waals surface area contributed by atoms with E-state index in [0.29, 0.717) is 47.2 Å². The second kappa shape index (κ2) is 11.0. The van der Waals surface area contributed by atoms with Gasteiger partial charge in [0.05, 0.1) is 21.6 Å². The normalized spacial score (nSPS) is 14.4. The smallest absolute Gasteiger partial charge is 0.234 e. The highest BCUT2D eigenvalue weighted by Crippen LogP contribution is 2.27. The number of ketones is 1. The summed E-state index contributed by atoms with van der Waals surface area (Å²) in [4.78, 5) is 38.8. The number of rotatable bonds is 7. The maximum atomic E-state index is 12.9. The number of piperidine rings is 1. The second-order valence-corrected chi connectivity index (χ2v) is 9.00. The fourth-order valence-electron chi connectivity index (χ4n) is 3.33. The molecule has 0 bridgehead atoms. The van der Waals surface area contributed by atoms with Gasteiger partial charge in [-0.1, -0.05) is 23.2 Å². The van der Waals surface area contributed by atoms with Crippen LogP contribution in [0.4, 0.5) is 10.1 Å². The van der Waals surface area contributed by atoms with E-state index in [9.17, 15) is 18.8 Å². The number of hydrogen-bond acceptors (Lipinski definition) is 4. The molecule has 5 nitrogen and oxygen atoms in total. The van der Waals surface area contributed by atoms with Crippen molar-refractivity contribution >= 4 is 58.2 Å². The molecule has 2 amide bonds. The maximum Gasteiger partial charge on any atom is 0.234 e. The van der Waals surface area contributed by atoms with Crippen LogP contribution in [0.1, 0.15) is 23.2 Å². The van der Waals surface area contributed by atoms with Crippen molar-refractivity contribution in [2.75, 3.05) is 29.9 Å². The number of carbonyl (C=O) groups excluding carboxylic acids is 3. The van der Waals surface area contributed by atoms with Crippen molar-refractivity contribution in [3.63, 3.8) is 0 Å². The van der Waals surface area contributed by atoms with Crippen LogP contribution in [0.15, 0.2) is 42.5 Å². The lowest BCUT2D eigenvalue weighted by Crippen LogP contribution is -2.41. The monoisotopic (exact) mass is 482 g/mol. The number of halogens is 3. The van der Waals surface area contributed by atoms with Gasteiger partial charge in [0, 0.05) is 30.3 Å². The first-order valence-corrected chi connectivity index (χ1v) is 11.6. The number of benzene rings is 2. The molecule has 0 aromatic heterocycles. The summed E-state index contributed by atoms with van der Waals surface area (Å²) < 4.78 is 12.9. The van der Waals surface area contributed by atoms with Crippen molar-refractivity contribution in [3.05, 3.63) is 63.9 Å². The van der Waals surface area contributed by atoms with E-state index in [0.717, 1.165) is 0 Å². The molecule has 0 saturated carbocycles. The van der Waals surface area contributed by atoms with Gasteiger partial charge in [0.2, 0.25) is 11.8 Å². The Hall–Kier alpha value is -2.09. The van der Waals surface area contributed by atoms with Gasteiger partial charge in [-0.2, -0.15) is 0 Å². The zero-order valence-electron chi connectivity index (χ0n) is 16.6. The Kier molecular flexibility index (Phi) is 8.35. The molecule has 1 aliphatic heterocycles. The van der Waals surface area contributed by atoms with Crippen LogP contribution in [0.3, 0.4) is 0 Å². The number of nitrogens with one attached hydrogen (secondary N) is 1. The van der Waals surface area contributed by atoms with E-state index in [2.05, 4.69) is 5.32 Å². The predicted octanol–water partition coefficient (Wildman–Crippen LogP) is 4.93. The molecule has 9 heteroatoms. The van der Waals surface area contributed by atoms with Crippen LogP contribution in [0.25, 0.3) is 0 Å². The lowest BCUT2D eigenvalue weighted by Gasteiger charge is -2.31. The average Bonchev–Trinajstić information content (AvgIpc) is 2.77. The van der Waals surface area contributed by atoms with E-state index in [-0.39, 0.29) is 40.8 Å². The molecule has 2 aromatic carbocycles. The van der Waals surface area contributed by atoms with Crippen LogP contribution < -0.4 is 5.32 Å². The first-order valence-electron chi connectivity index (χ1n) is 9.73. The van der Waals surface area contributed by atoms with E-state index >= 15 is 0 Å². The quantitative estimate of drug-likeness (QED) is 0.568. The molecule has 164 valence electrons. The Labute approximate surface area is 194 Å². The first-order chi connectivity index (χ1) is 14.8. The van der Waals surface area contributed by atoms with Crippen LogP contribution in [0.2, 0.25) is 10.0 Å². The minimum absolute atomic E-state index is 0.0116. The Morgan fingerprint density at radius 3 is 2.32 bits per heavy atom. The average molecular weight is 483 g/mol. The topological polar surface area (TPSA) is 66.5 Å². The molecule has 1 aliphatic rings. The highest BCUT2D eigenvalue weighted by Gasteiger charge is 2.28. The number of hydrogen-bond donors (Lipinski definition) is 1. The third kappa shape index (κ3) is 6.69. The third-order valence-electron chi connectivity index (χ3n) is 5.01. The van der Waals surface area contributed by atoms with Crippen molar-refractivity contribution in [2.45, 2.75) is 12.8 Å². The molecule has 0 aliphatic carbocycles. The summed E-state index contributed by atoms with van der Waals surface area (Å²) in [7, 11) is 0. The number of nitrogens with zero attached hydrogens (tertiary/aromatic N) is 1. The van der Waals surface area contributed by atoms with Gasteiger partial charge in [-0.25, -0.2) is 4.39 Å². The van der Waals surface area contributed by atoms with Gasteiger partial charge in [0.25, 0.3) is 0 Å². The molecule has 1 heterocycles. The Bertz CT molecular complexity index is 964. The van der Waals surface area contributed by atoms with Crippen LogP contribution in [0, 0.1) is 11.7 Å². The number of anilines is 1. The number of thioether (sulfide) groups is 1. The third-order valence-corrected chi connectivity index (χ3v) is 6.67. The molecule has 1 N–H and O–H groups in total. The Morgan fingerprint density at radius 2 is 1.68 bits per heavy atom. The summed E-state index contributed by atoms with van der Waals surface area (Å²) in [6.45, 7) is 0.998. The summed E-state index contributed by atoms with van der Waals surface area (Å²) in [5, 5.41) is 3.41. The molecule has 3 rings (SSSR count). The van der Waals surface area contributed by atoms with Crippen LogP contribution in [-0.4, -0.2) is 47.1 Å². The zero-order chi connectivity index (χ0) is 22.4. The fraction of sp³-hybridized carbons (Fsp3) is 0.318. The summed E-state index contributed by atoms with van der Waals surface area (Å²) in [6, 6.07) is 10.3. The largest absolute Gasteiger partial charge is 0.342 e. The lowest BCUT2D eigenvalue weighted by atomic mass is 9.89. The summed E-state index contributed by atoms with van der Waals surface area (Å²) in [5.74, 6) is -0.527. The minimum atomic E-state index is -0.375. The molecule has 0 unspecified atom stereocenters. The zero-order valence-corrected chi connectivity index (χ0v) is 18.9. The SMILES string of the molecule is O=C(CSCC(=O)N1CCC(C(=O)c2ccc(Cl)c(Cl)c2)CC1)Nc1ccc(F)cc1. The molecule has 1 saturated heterocycles. The van der Waals surface area contributed by atoms with Crippen molar-refractivity contribution in [1.82, 2.24) is 4.90 Å². The molecule has 1 fully saturated rings. The van der Waals surface area contributed by atoms with Crippen LogP contribution in [0.5, 0.6) is 0 Å². The van der Waals surface area contributed by atoms with Gasteiger partial charge in [0.1, 0.15) is 5.82 Å². The van der Waals surface area contributed by atoms with Crippen molar-refractivity contribution in [1.29, 1.82) is 0 Å². The molecule has 2 aromatic rings.